The van der Waals surface area contributed by atoms with Crippen molar-refractivity contribution in [2.45, 2.75) is 128 Å². The van der Waals surface area contributed by atoms with Crippen molar-refractivity contribution in [3.8, 4) is 29.4 Å². The number of aromatic hydroxyl groups is 1. The molecule has 4 aliphatic heterocycles. The Labute approximate surface area is 400 Å². The third kappa shape index (κ3) is 8.96. The SMILES string of the molecule is C#Cc1ccc(CNC(=O)[C@@H]2C[C@@H](O)CN2C(=O)[C@@H](NC(=O)N2CC3(CC(N4CCN([C@H]5CC[C@@H](N6CCc7[nH]c8nnc(-c9ccccc9O)cc8c7[C@H]6C)CC5)CC4)C3)C2)C(C)(C)C)cc1. The molecule has 1 spiro atoms. The average molecular weight is 925 g/mol. The van der Waals surface area contributed by atoms with Crippen LogP contribution in [0.15, 0.2) is 54.6 Å². The topological polar surface area (TPSA) is 173 Å². The third-order valence-electron chi connectivity index (χ3n) is 16.4. The van der Waals surface area contributed by atoms with Crippen LogP contribution in [0.4, 0.5) is 4.79 Å². The van der Waals surface area contributed by atoms with Gasteiger partial charge in [-0.05, 0) is 92.3 Å². The summed E-state index contributed by atoms with van der Waals surface area (Å²) in [5, 5.41) is 37.2. The molecule has 4 atom stereocenters. The highest BCUT2D eigenvalue weighted by atomic mass is 16.3. The van der Waals surface area contributed by atoms with Crippen molar-refractivity contribution in [3.63, 3.8) is 0 Å². The second kappa shape index (κ2) is 18.4. The Balaban J connectivity index is 0.667. The molecule has 15 nitrogen and oxygen atoms in total. The Kier molecular flexibility index (Phi) is 12.5. The van der Waals surface area contributed by atoms with E-state index in [1.807, 2.05) is 68.1 Å². The van der Waals surface area contributed by atoms with Gasteiger partial charge < -0.3 is 35.6 Å². The summed E-state index contributed by atoms with van der Waals surface area (Å²) in [6.45, 7) is 15.2. The molecule has 2 aliphatic carbocycles. The number of urea groups is 1. The number of hydrogen-bond acceptors (Lipinski definition) is 10. The number of nitrogens with zero attached hydrogens (tertiary/aromatic N) is 7. The highest BCUT2D eigenvalue weighted by Crippen LogP contribution is 2.51. The summed E-state index contributed by atoms with van der Waals surface area (Å²) in [6.07, 6.45) is 12.8. The molecule has 6 aliphatic rings. The van der Waals surface area contributed by atoms with Gasteiger partial charge in [0.05, 0.1) is 11.8 Å². The number of phenolic OH excluding ortho intramolecular Hbond substituents is 1. The summed E-state index contributed by atoms with van der Waals surface area (Å²) in [5.41, 5.74) is 5.93. The maximum atomic E-state index is 14.2. The number of hydrogen-bond donors (Lipinski definition) is 5. The Hall–Kier alpha value is -5.53. The van der Waals surface area contributed by atoms with Crippen LogP contribution in [-0.4, -0.2) is 156 Å². The molecular formula is C53H68N10O5. The lowest BCUT2D eigenvalue weighted by Gasteiger charge is -2.61. The van der Waals surface area contributed by atoms with Gasteiger partial charge in [0.15, 0.2) is 5.65 Å². The van der Waals surface area contributed by atoms with Crippen molar-refractivity contribution in [1.82, 2.24) is 50.3 Å². The number of H-pyrrole nitrogens is 1. The Morgan fingerprint density at radius 1 is 0.926 bits per heavy atom. The first kappa shape index (κ1) is 46.2. The van der Waals surface area contributed by atoms with Gasteiger partial charge in [-0.25, -0.2) is 4.79 Å². The summed E-state index contributed by atoms with van der Waals surface area (Å²) < 4.78 is 0. The third-order valence-corrected chi connectivity index (χ3v) is 16.4. The van der Waals surface area contributed by atoms with E-state index in [2.05, 4.69) is 59.4 Å². The number of aliphatic hydroxyl groups excluding tert-OH is 1. The molecular weight excluding hydrogens is 857 g/mol. The lowest BCUT2D eigenvalue weighted by Crippen LogP contribution is -2.71. The van der Waals surface area contributed by atoms with Crippen molar-refractivity contribution in [3.05, 3.63) is 77.0 Å². The molecule has 4 amide bonds. The molecule has 15 heteroatoms. The van der Waals surface area contributed by atoms with Gasteiger partial charge in [-0.2, -0.15) is 0 Å². The van der Waals surface area contributed by atoms with Gasteiger partial charge in [-0.15, -0.1) is 16.6 Å². The molecule has 0 unspecified atom stereocenters. The van der Waals surface area contributed by atoms with E-state index in [1.165, 1.54) is 41.8 Å². The second-order valence-corrected chi connectivity index (χ2v) is 21.8. The molecule has 2 aromatic heterocycles. The number of rotatable bonds is 9. The molecule has 360 valence electrons. The highest BCUT2D eigenvalue weighted by molar-refractivity contribution is 5.93. The number of benzene rings is 2. The number of carbonyl (C=O) groups is 3. The zero-order chi connectivity index (χ0) is 47.5. The lowest BCUT2D eigenvalue weighted by molar-refractivity contribution is -0.142. The summed E-state index contributed by atoms with van der Waals surface area (Å²) in [6, 6.07) is 16.8. The first-order valence-corrected chi connectivity index (χ1v) is 24.9. The van der Waals surface area contributed by atoms with Crippen LogP contribution in [0.25, 0.3) is 22.3 Å². The van der Waals surface area contributed by atoms with E-state index in [0.717, 1.165) is 74.1 Å². The number of β-amino-alcohol motifs (C(OH)–C–C–N with tert-alkyl or cyclic N) is 1. The molecule has 5 N–H and O–H groups in total. The number of aliphatic hydroxyl groups is 1. The van der Waals surface area contributed by atoms with E-state index >= 15 is 0 Å². The number of phenols is 1. The Morgan fingerprint density at radius 2 is 1.60 bits per heavy atom. The van der Waals surface area contributed by atoms with Crippen LogP contribution >= 0.6 is 0 Å². The van der Waals surface area contributed by atoms with Gasteiger partial charge in [-0.3, -0.25) is 24.3 Å². The number of nitrogens with one attached hydrogen (secondary N) is 3. The number of carbonyl (C=O) groups excluding carboxylic acids is 3. The average Bonchev–Trinajstić information content (AvgIpc) is 3.90. The van der Waals surface area contributed by atoms with E-state index in [0.29, 0.717) is 42.5 Å². The van der Waals surface area contributed by atoms with Crippen LogP contribution in [0, 0.1) is 23.2 Å². The number of piperazine rings is 1. The van der Waals surface area contributed by atoms with E-state index < -0.39 is 23.6 Å². The quantitative estimate of drug-likeness (QED) is 0.144. The van der Waals surface area contributed by atoms with Crippen LogP contribution in [0.5, 0.6) is 5.75 Å². The summed E-state index contributed by atoms with van der Waals surface area (Å²) in [5.74, 6) is 2.11. The Morgan fingerprint density at radius 3 is 2.28 bits per heavy atom. The van der Waals surface area contributed by atoms with Crippen LogP contribution in [0.3, 0.4) is 0 Å². The van der Waals surface area contributed by atoms with Crippen molar-refractivity contribution in [2.75, 3.05) is 52.4 Å². The standard InChI is InChI=1S/C53H68N10O5/c1-6-34-11-13-35(14-12-34)29-54-49(66)44-25-39(64)30-63(44)50(67)47(52(3,4)5)56-51(68)61-31-53(32-61)27-38(28-53)60-23-21-59(22-24-60)36-15-17-37(18-16-36)62-20-19-42-46(33(62)2)41-26-43(57-58-48(41)55-42)40-9-7-8-10-45(40)65/h1,7-14,26,33,36-39,44,47,64-65H,15-25,27-32H2,2-5H3,(H,54,66)(H,55,58)(H,56,68)/t33-,36-,37+,39-,44+,47-/m1/s1. The largest absolute Gasteiger partial charge is 0.507 e. The molecule has 5 fully saturated rings. The number of para-hydroxylation sites is 1. The minimum atomic E-state index is -0.867. The van der Waals surface area contributed by atoms with Gasteiger partial charge >= 0.3 is 6.03 Å². The number of amides is 4. The normalized spacial score (nSPS) is 26.1. The molecule has 68 heavy (non-hydrogen) atoms. The second-order valence-electron chi connectivity index (χ2n) is 21.8. The van der Waals surface area contributed by atoms with E-state index in [1.54, 1.807) is 6.07 Å². The summed E-state index contributed by atoms with van der Waals surface area (Å²) >= 11 is 0. The van der Waals surface area contributed by atoms with E-state index in [-0.39, 0.29) is 54.6 Å². The fourth-order valence-electron chi connectivity index (χ4n) is 12.6. The van der Waals surface area contributed by atoms with Crippen LogP contribution in [-0.2, 0) is 22.6 Å². The minimum absolute atomic E-state index is 0.0360. The number of fused-ring (bicyclic) bond motifs is 3. The maximum Gasteiger partial charge on any atom is 0.318 e. The zero-order valence-corrected chi connectivity index (χ0v) is 40.1. The smallest absolute Gasteiger partial charge is 0.318 e. The van der Waals surface area contributed by atoms with Gasteiger partial charge in [0.2, 0.25) is 11.8 Å². The number of terminal acetylenes is 1. The van der Waals surface area contributed by atoms with Gasteiger partial charge in [0.1, 0.15) is 17.8 Å². The summed E-state index contributed by atoms with van der Waals surface area (Å²) in [4.78, 5) is 56.3. The molecule has 4 aromatic rings. The lowest BCUT2D eigenvalue weighted by atomic mass is 9.60. The maximum absolute atomic E-state index is 14.2. The van der Waals surface area contributed by atoms with Gasteiger partial charge in [-0.1, -0.05) is 51.0 Å². The highest BCUT2D eigenvalue weighted by Gasteiger charge is 2.56. The van der Waals surface area contributed by atoms with Crippen molar-refractivity contribution in [1.29, 1.82) is 0 Å². The van der Waals surface area contributed by atoms with Crippen molar-refractivity contribution in [2.24, 2.45) is 10.8 Å². The molecule has 0 bridgehead atoms. The molecule has 0 radical (unpaired) electrons. The number of aromatic amines is 1. The number of aromatic nitrogens is 3. The van der Waals surface area contributed by atoms with Crippen molar-refractivity contribution < 1.29 is 24.6 Å². The Bertz CT molecular complexity index is 2550. The summed E-state index contributed by atoms with van der Waals surface area (Å²) in [7, 11) is 0. The minimum Gasteiger partial charge on any atom is -0.507 e. The zero-order valence-electron chi connectivity index (χ0n) is 40.1. The van der Waals surface area contributed by atoms with Crippen molar-refractivity contribution >= 4 is 28.9 Å². The molecule has 6 heterocycles. The fraction of sp³-hybridized carbons (Fsp3) is 0.566. The fourth-order valence-corrected chi connectivity index (χ4v) is 12.6. The first-order chi connectivity index (χ1) is 32.7. The van der Waals surface area contributed by atoms with Gasteiger partial charge in [0, 0.05) is 124 Å². The van der Waals surface area contributed by atoms with Gasteiger partial charge in [0.25, 0.3) is 0 Å². The van der Waals surface area contributed by atoms with Crippen LogP contribution in [0.2, 0.25) is 0 Å². The monoisotopic (exact) mass is 925 g/mol. The van der Waals surface area contributed by atoms with Crippen LogP contribution in [0.1, 0.15) is 101 Å². The molecule has 3 saturated heterocycles. The predicted octanol–water partition coefficient (Wildman–Crippen LogP) is 5.03. The van der Waals surface area contributed by atoms with E-state index in [9.17, 15) is 24.6 Å². The number of likely N-dealkylation sites (tertiary alicyclic amines) is 2. The predicted molar refractivity (Wildman–Crippen MR) is 260 cm³/mol. The first-order valence-electron chi connectivity index (χ1n) is 24.9. The van der Waals surface area contributed by atoms with Crippen LogP contribution < -0.4 is 10.6 Å². The molecule has 2 aromatic carbocycles. The molecule has 10 rings (SSSR count). The molecule has 2 saturated carbocycles. The van der Waals surface area contributed by atoms with E-state index in [4.69, 9.17) is 6.42 Å².